The van der Waals surface area contributed by atoms with Gasteiger partial charge in [-0.25, -0.2) is 23.4 Å². The van der Waals surface area contributed by atoms with Crippen LogP contribution in [-0.4, -0.2) is 65.2 Å². The summed E-state index contributed by atoms with van der Waals surface area (Å²) in [5.41, 5.74) is 0.504. The van der Waals surface area contributed by atoms with Crippen LogP contribution >= 0.6 is 0 Å². The van der Waals surface area contributed by atoms with Crippen LogP contribution in [0.2, 0.25) is 0 Å². The monoisotopic (exact) mass is 514 g/mol. The number of amides is 1. The van der Waals surface area contributed by atoms with Gasteiger partial charge in [0.2, 0.25) is 5.88 Å². The zero-order valence-electron chi connectivity index (χ0n) is 19.1. The van der Waals surface area contributed by atoms with Crippen molar-refractivity contribution in [2.75, 3.05) is 18.1 Å². The fourth-order valence-electron chi connectivity index (χ4n) is 3.97. The lowest BCUT2D eigenvalue weighted by atomic mass is 9.84. The first kappa shape index (κ1) is 25.1. The Bertz CT molecular complexity index is 1150. The summed E-state index contributed by atoms with van der Waals surface area (Å²) in [4.78, 5) is 26.8. The molecule has 2 aromatic rings. The molecule has 1 aliphatic carbocycles. The Morgan fingerprint density at radius 3 is 2.37 bits per heavy atom. The van der Waals surface area contributed by atoms with E-state index in [9.17, 15) is 26.4 Å². The van der Waals surface area contributed by atoms with E-state index in [0.29, 0.717) is 37.3 Å². The van der Waals surface area contributed by atoms with Gasteiger partial charge in [-0.1, -0.05) is 0 Å². The maximum Gasteiger partial charge on any atom is 0.422 e. The van der Waals surface area contributed by atoms with Crippen LogP contribution in [0.25, 0.3) is 0 Å². The quantitative estimate of drug-likeness (QED) is 0.529. The zero-order chi connectivity index (χ0) is 25.4. The van der Waals surface area contributed by atoms with Crippen LogP contribution in [0.4, 0.5) is 18.9 Å². The molecule has 1 saturated carbocycles. The van der Waals surface area contributed by atoms with Crippen LogP contribution in [0.15, 0.2) is 30.7 Å². The lowest BCUT2D eigenvalue weighted by Crippen LogP contribution is -2.39. The molecule has 2 fully saturated rings. The lowest BCUT2D eigenvalue weighted by molar-refractivity contribution is -0.154. The molecular formula is C22H25F3N4O5S. The molecule has 0 radical (unpaired) electrons. The number of halogens is 3. The molecule has 35 heavy (non-hydrogen) atoms. The van der Waals surface area contributed by atoms with E-state index in [4.69, 9.17) is 4.74 Å². The van der Waals surface area contributed by atoms with E-state index >= 15 is 0 Å². The van der Waals surface area contributed by atoms with E-state index in [1.165, 1.54) is 23.2 Å². The second kappa shape index (κ2) is 9.59. The van der Waals surface area contributed by atoms with Crippen molar-refractivity contribution < 1.29 is 35.9 Å². The molecule has 3 heterocycles. The van der Waals surface area contributed by atoms with E-state index in [0.717, 1.165) is 0 Å². The third-order valence-electron chi connectivity index (χ3n) is 6.08. The van der Waals surface area contributed by atoms with Crippen molar-refractivity contribution in [1.82, 2.24) is 15.0 Å². The van der Waals surface area contributed by atoms with Crippen LogP contribution in [-0.2, 0) is 14.6 Å². The molecule has 13 heteroatoms. The summed E-state index contributed by atoms with van der Waals surface area (Å²) >= 11 is 0. The minimum atomic E-state index is -4.47. The Balaban J connectivity index is 1.31. The minimum absolute atomic E-state index is 0.0245. The third kappa shape index (κ3) is 5.65. The largest absolute Gasteiger partial charge is 0.479 e. The number of sulfone groups is 1. The third-order valence-corrected chi connectivity index (χ3v) is 8.71. The molecule has 1 saturated heterocycles. The molecule has 0 N–H and O–H groups in total. The molecule has 1 atom stereocenters. The number of anilines is 1. The Kier molecular flexibility index (Phi) is 6.89. The number of carbonyl (C=O) groups is 1. The van der Waals surface area contributed by atoms with Crippen molar-refractivity contribution >= 4 is 21.4 Å². The molecular weight excluding hydrogens is 489 g/mol. The van der Waals surface area contributed by atoms with E-state index in [1.54, 1.807) is 26.2 Å². The van der Waals surface area contributed by atoms with Crippen molar-refractivity contribution in [3.8, 4) is 11.6 Å². The Labute approximate surface area is 200 Å². The number of pyridine rings is 1. The summed E-state index contributed by atoms with van der Waals surface area (Å²) in [6.45, 7) is 2.29. The van der Waals surface area contributed by atoms with E-state index in [1.807, 2.05) is 0 Å². The van der Waals surface area contributed by atoms with Crippen LogP contribution in [0, 0.1) is 0 Å². The topological polar surface area (TPSA) is 112 Å². The van der Waals surface area contributed by atoms with Crippen molar-refractivity contribution in [1.29, 1.82) is 0 Å². The number of hydrogen-bond acceptors (Lipinski definition) is 8. The number of hydrogen-bond donors (Lipinski definition) is 0. The number of carbonyl (C=O) groups excluding carboxylic acids is 1. The van der Waals surface area contributed by atoms with Crippen LogP contribution in [0.3, 0.4) is 0 Å². The van der Waals surface area contributed by atoms with Gasteiger partial charge in [0, 0.05) is 24.9 Å². The second-order valence-corrected chi connectivity index (χ2v) is 11.6. The van der Waals surface area contributed by atoms with Crippen LogP contribution in [0.1, 0.15) is 44.9 Å². The fourth-order valence-corrected chi connectivity index (χ4v) is 5.74. The first-order valence-electron chi connectivity index (χ1n) is 11.1. The average Bonchev–Trinajstić information content (AvgIpc) is 3.12. The summed E-state index contributed by atoms with van der Waals surface area (Å²) < 4.78 is 71.4. The predicted octanol–water partition coefficient (Wildman–Crippen LogP) is 3.07. The van der Waals surface area contributed by atoms with Gasteiger partial charge in [-0.15, -0.1) is 0 Å². The zero-order valence-corrected chi connectivity index (χ0v) is 19.9. The fraction of sp³-hybridized carbons (Fsp3) is 0.545. The first-order chi connectivity index (χ1) is 16.4. The molecule has 0 aromatic carbocycles. The maximum absolute atomic E-state index is 12.8. The van der Waals surface area contributed by atoms with Gasteiger partial charge < -0.3 is 14.4 Å². The summed E-state index contributed by atoms with van der Waals surface area (Å²) in [6, 6.07) is 2.63. The van der Waals surface area contributed by atoms with E-state index < -0.39 is 34.0 Å². The summed E-state index contributed by atoms with van der Waals surface area (Å²) in [6.07, 6.45) is 0.413. The molecule has 9 nitrogen and oxygen atoms in total. The Morgan fingerprint density at radius 1 is 1.11 bits per heavy atom. The number of aromatic nitrogens is 3. The molecule has 2 aliphatic rings. The van der Waals surface area contributed by atoms with Crippen LogP contribution < -0.4 is 14.4 Å². The van der Waals surface area contributed by atoms with Gasteiger partial charge in [-0.2, -0.15) is 13.2 Å². The molecule has 0 bridgehead atoms. The molecule has 190 valence electrons. The second-order valence-electron chi connectivity index (χ2n) is 8.85. The normalized spacial score (nSPS) is 22.9. The highest BCUT2D eigenvalue weighted by molar-refractivity contribution is 7.92. The van der Waals surface area contributed by atoms with Gasteiger partial charge >= 0.3 is 6.18 Å². The highest BCUT2D eigenvalue weighted by Gasteiger charge is 2.42. The molecule has 2 aromatic heterocycles. The number of rotatable bonds is 8. The van der Waals surface area contributed by atoms with Gasteiger partial charge in [0.1, 0.15) is 11.6 Å². The van der Waals surface area contributed by atoms with E-state index in [-0.39, 0.29) is 28.7 Å². The molecule has 0 spiro atoms. The van der Waals surface area contributed by atoms with E-state index in [2.05, 4.69) is 19.7 Å². The van der Waals surface area contributed by atoms with Crippen molar-refractivity contribution in [3.05, 3.63) is 36.5 Å². The van der Waals surface area contributed by atoms with Gasteiger partial charge in [-0.05, 0) is 32.8 Å². The van der Waals surface area contributed by atoms with Crippen molar-refractivity contribution in [2.45, 2.75) is 61.8 Å². The van der Waals surface area contributed by atoms with Crippen molar-refractivity contribution in [2.24, 2.45) is 0 Å². The molecule has 1 amide bonds. The Hall–Kier alpha value is -2.96. The SMILES string of the molecule is CC(C)S(=O)(=O)C1CC(c2ncc(N3CC[C@@H](Oc4ccc(OCC(F)(F)F)nc4)C3=O)cn2)C1. The predicted molar refractivity (Wildman–Crippen MR) is 119 cm³/mol. The number of ether oxygens (including phenoxy) is 2. The molecule has 1 aliphatic heterocycles. The highest BCUT2D eigenvalue weighted by atomic mass is 32.2. The van der Waals surface area contributed by atoms with Gasteiger partial charge in [0.25, 0.3) is 5.91 Å². The molecule has 0 unspecified atom stereocenters. The number of nitrogens with zero attached hydrogens (tertiary/aromatic N) is 4. The summed E-state index contributed by atoms with van der Waals surface area (Å²) in [5.74, 6) is 0.259. The van der Waals surface area contributed by atoms with Gasteiger partial charge in [0.15, 0.2) is 22.5 Å². The summed E-state index contributed by atoms with van der Waals surface area (Å²) in [7, 11) is -3.13. The highest BCUT2D eigenvalue weighted by Crippen LogP contribution is 2.40. The Morgan fingerprint density at radius 2 is 1.80 bits per heavy atom. The lowest BCUT2D eigenvalue weighted by Gasteiger charge is -2.34. The minimum Gasteiger partial charge on any atom is -0.479 e. The average molecular weight is 515 g/mol. The van der Waals surface area contributed by atoms with Gasteiger partial charge in [0.05, 0.1) is 34.8 Å². The van der Waals surface area contributed by atoms with Crippen LogP contribution in [0.5, 0.6) is 11.6 Å². The maximum atomic E-state index is 12.8. The smallest absolute Gasteiger partial charge is 0.422 e. The van der Waals surface area contributed by atoms with Gasteiger partial charge in [-0.3, -0.25) is 4.79 Å². The number of alkyl halides is 3. The first-order valence-corrected chi connectivity index (χ1v) is 12.7. The summed E-state index contributed by atoms with van der Waals surface area (Å²) in [5, 5.41) is -0.780. The van der Waals surface area contributed by atoms with Crippen molar-refractivity contribution in [3.63, 3.8) is 0 Å². The standard InChI is InChI=1S/C22H25F3N4O5S/c1-13(2)35(31,32)17-7-14(8-17)20-27-9-15(10-28-20)29-6-5-18(21(29)30)34-16-3-4-19(26-11-16)33-12-22(23,24)25/h3-4,9-11,13-14,17-18H,5-8,12H2,1-2H3/t14?,17?,18-/m1/s1. The molecule has 4 rings (SSSR count).